The van der Waals surface area contributed by atoms with Gasteiger partial charge in [-0.3, -0.25) is 0 Å². The van der Waals surface area contributed by atoms with E-state index in [1.807, 2.05) is 18.2 Å². The van der Waals surface area contributed by atoms with Gasteiger partial charge in [-0.25, -0.2) is 4.98 Å². The minimum Gasteiger partial charge on any atom is -0.497 e. The maximum absolute atomic E-state index is 9.85. The van der Waals surface area contributed by atoms with Crippen LogP contribution >= 0.6 is 0 Å². The molecule has 0 saturated carbocycles. The third kappa shape index (κ3) is 2.76. The topological polar surface area (TPSA) is 47.3 Å². The number of hydrogen-bond acceptors (Lipinski definition) is 3. The number of ether oxygens (including phenoxy) is 1. The van der Waals surface area contributed by atoms with Crippen LogP contribution in [0.2, 0.25) is 0 Å². The van der Waals surface area contributed by atoms with E-state index >= 15 is 0 Å². The van der Waals surface area contributed by atoms with Crippen molar-refractivity contribution in [1.82, 2.24) is 9.55 Å². The molecule has 0 spiro atoms. The van der Waals surface area contributed by atoms with Gasteiger partial charge in [0, 0.05) is 28.4 Å². The molecule has 2 aromatic heterocycles. The van der Waals surface area contributed by atoms with E-state index in [9.17, 15) is 5.11 Å². The van der Waals surface area contributed by atoms with Crippen LogP contribution in [0.1, 0.15) is 12.6 Å². The molecule has 29 heavy (non-hydrogen) atoms. The fourth-order valence-corrected chi connectivity index (χ4v) is 4.24. The Morgan fingerprint density at radius 1 is 0.931 bits per heavy atom. The highest BCUT2D eigenvalue weighted by atomic mass is 16.5. The van der Waals surface area contributed by atoms with E-state index in [-0.39, 0.29) is 6.61 Å². The maximum Gasteiger partial charge on any atom is 0.119 e. The first-order valence-corrected chi connectivity index (χ1v) is 9.83. The molecule has 0 aliphatic carbocycles. The molecule has 3 aromatic carbocycles. The second-order valence-corrected chi connectivity index (χ2v) is 7.21. The van der Waals surface area contributed by atoms with Gasteiger partial charge in [-0.05, 0) is 48.0 Å². The van der Waals surface area contributed by atoms with Gasteiger partial charge in [-0.15, -0.1) is 0 Å². The number of aromatic nitrogens is 2. The maximum atomic E-state index is 9.85. The molecule has 0 aliphatic rings. The fourth-order valence-electron chi connectivity index (χ4n) is 4.24. The van der Waals surface area contributed by atoms with Gasteiger partial charge in [0.25, 0.3) is 0 Å². The molecule has 5 aromatic rings. The lowest BCUT2D eigenvalue weighted by Gasteiger charge is -2.11. The van der Waals surface area contributed by atoms with Crippen LogP contribution in [-0.2, 0) is 13.2 Å². The van der Waals surface area contributed by atoms with Crippen LogP contribution in [0.3, 0.4) is 0 Å². The summed E-state index contributed by atoms with van der Waals surface area (Å²) in [6.45, 7) is 2.92. The first-order valence-electron chi connectivity index (χ1n) is 9.83. The molecule has 0 radical (unpaired) electrons. The molecule has 0 aliphatic heterocycles. The summed E-state index contributed by atoms with van der Waals surface area (Å²) in [6, 6.07) is 22.9. The van der Waals surface area contributed by atoms with Crippen molar-refractivity contribution in [3.05, 3.63) is 72.4 Å². The molecule has 0 bridgehead atoms. The van der Waals surface area contributed by atoms with Crippen LogP contribution in [-0.4, -0.2) is 21.8 Å². The van der Waals surface area contributed by atoms with Crippen molar-refractivity contribution < 1.29 is 9.84 Å². The Balaban J connectivity index is 1.85. The van der Waals surface area contributed by atoms with E-state index in [2.05, 4.69) is 60.0 Å². The van der Waals surface area contributed by atoms with E-state index < -0.39 is 0 Å². The Kier molecular flexibility index (Phi) is 4.22. The first-order chi connectivity index (χ1) is 14.2. The average Bonchev–Trinajstić information content (AvgIpc) is 3.11. The van der Waals surface area contributed by atoms with Crippen molar-refractivity contribution in [2.75, 3.05) is 7.11 Å². The third-order valence-corrected chi connectivity index (χ3v) is 5.60. The quantitative estimate of drug-likeness (QED) is 0.444. The van der Waals surface area contributed by atoms with Gasteiger partial charge in [0.2, 0.25) is 0 Å². The molecule has 0 atom stereocenters. The summed E-state index contributed by atoms with van der Waals surface area (Å²) in [5.41, 5.74) is 4.93. The smallest absolute Gasteiger partial charge is 0.119 e. The zero-order valence-electron chi connectivity index (χ0n) is 16.5. The zero-order chi connectivity index (χ0) is 20.0. The number of aryl methyl sites for hydroxylation is 1. The molecule has 0 fully saturated rings. The van der Waals surface area contributed by atoms with Crippen LogP contribution < -0.4 is 4.74 Å². The Morgan fingerprint density at radius 3 is 2.52 bits per heavy atom. The number of fused-ring (bicyclic) bond motifs is 4. The molecule has 4 nitrogen and oxygen atoms in total. The van der Waals surface area contributed by atoms with Crippen molar-refractivity contribution in [3.8, 4) is 17.0 Å². The van der Waals surface area contributed by atoms with Gasteiger partial charge >= 0.3 is 0 Å². The second kappa shape index (κ2) is 6.90. The fraction of sp³-hybridized carbons (Fsp3) is 0.160. The molecular formula is C25H22N2O2. The van der Waals surface area contributed by atoms with E-state index in [0.717, 1.165) is 45.2 Å². The van der Waals surface area contributed by atoms with Gasteiger partial charge < -0.3 is 14.4 Å². The standard InChI is InChI=1S/C25H22N2O2/c1-3-27-23-7-5-4-6-21(23)22-14-19(15-28)26-24(25(22)27)18-9-8-17-13-20(29-2)11-10-16(17)12-18/h4-14,28H,3,15H2,1-2H3. The number of aliphatic hydroxyl groups is 1. The molecule has 1 N–H and O–H groups in total. The summed E-state index contributed by atoms with van der Waals surface area (Å²) in [5.74, 6) is 0.846. The minimum atomic E-state index is -0.0840. The van der Waals surface area contributed by atoms with E-state index in [1.165, 1.54) is 10.9 Å². The highest BCUT2D eigenvalue weighted by molar-refractivity contribution is 6.12. The lowest BCUT2D eigenvalue weighted by molar-refractivity contribution is 0.277. The summed E-state index contributed by atoms with van der Waals surface area (Å²) in [6.07, 6.45) is 0. The molecule has 0 amide bonds. The summed E-state index contributed by atoms with van der Waals surface area (Å²) >= 11 is 0. The number of pyridine rings is 1. The second-order valence-electron chi connectivity index (χ2n) is 7.21. The number of benzene rings is 3. The van der Waals surface area contributed by atoms with E-state index in [0.29, 0.717) is 5.69 Å². The summed E-state index contributed by atoms with van der Waals surface area (Å²) in [7, 11) is 1.68. The number of aliphatic hydroxyl groups excluding tert-OH is 1. The van der Waals surface area contributed by atoms with Crippen LogP contribution in [0.15, 0.2) is 66.7 Å². The Labute approximate surface area is 169 Å². The SMILES string of the molecule is CCn1c2ccccc2c2cc(CO)nc(-c3ccc4cc(OC)ccc4c3)c21. The van der Waals surface area contributed by atoms with Gasteiger partial charge in [-0.2, -0.15) is 0 Å². The Morgan fingerprint density at radius 2 is 1.72 bits per heavy atom. The average molecular weight is 382 g/mol. The van der Waals surface area contributed by atoms with E-state index in [1.54, 1.807) is 7.11 Å². The summed E-state index contributed by atoms with van der Waals surface area (Å²) in [5, 5.41) is 14.4. The minimum absolute atomic E-state index is 0.0840. The highest BCUT2D eigenvalue weighted by Crippen LogP contribution is 2.36. The summed E-state index contributed by atoms with van der Waals surface area (Å²) in [4.78, 5) is 4.84. The number of para-hydroxylation sites is 1. The lowest BCUT2D eigenvalue weighted by Crippen LogP contribution is -1.99. The van der Waals surface area contributed by atoms with Crippen LogP contribution in [0.4, 0.5) is 0 Å². The van der Waals surface area contributed by atoms with Crippen molar-refractivity contribution in [2.24, 2.45) is 0 Å². The molecule has 5 rings (SSSR count). The molecule has 0 saturated heterocycles. The van der Waals surface area contributed by atoms with Crippen LogP contribution in [0.5, 0.6) is 5.75 Å². The molecule has 0 unspecified atom stereocenters. The number of methoxy groups -OCH3 is 1. The number of rotatable bonds is 4. The normalized spacial score (nSPS) is 11.6. The van der Waals surface area contributed by atoms with Crippen molar-refractivity contribution in [1.29, 1.82) is 0 Å². The highest BCUT2D eigenvalue weighted by Gasteiger charge is 2.17. The number of nitrogens with zero attached hydrogens (tertiary/aromatic N) is 2. The Bertz CT molecular complexity index is 1370. The lowest BCUT2D eigenvalue weighted by atomic mass is 10.0. The van der Waals surface area contributed by atoms with Crippen molar-refractivity contribution in [2.45, 2.75) is 20.1 Å². The molecule has 2 heterocycles. The molecule has 144 valence electrons. The van der Waals surface area contributed by atoms with Gasteiger partial charge in [0.1, 0.15) is 5.75 Å². The predicted molar refractivity (Wildman–Crippen MR) is 118 cm³/mol. The number of hydrogen-bond donors (Lipinski definition) is 1. The van der Waals surface area contributed by atoms with Crippen LogP contribution in [0, 0.1) is 0 Å². The largest absolute Gasteiger partial charge is 0.497 e. The van der Waals surface area contributed by atoms with E-state index in [4.69, 9.17) is 9.72 Å². The van der Waals surface area contributed by atoms with Crippen molar-refractivity contribution >= 4 is 32.6 Å². The third-order valence-electron chi connectivity index (χ3n) is 5.60. The van der Waals surface area contributed by atoms with Gasteiger partial charge in [0.05, 0.1) is 30.6 Å². The van der Waals surface area contributed by atoms with Gasteiger partial charge in [0.15, 0.2) is 0 Å². The molecule has 4 heteroatoms. The van der Waals surface area contributed by atoms with Gasteiger partial charge in [-0.1, -0.05) is 36.4 Å². The van der Waals surface area contributed by atoms with Crippen LogP contribution in [0.25, 0.3) is 43.8 Å². The monoisotopic (exact) mass is 382 g/mol. The van der Waals surface area contributed by atoms with Crippen molar-refractivity contribution in [3.63, 3.8) is 0 Å². The summed E-state index contributed by atoms with van der Waals surface area (Å²) < 4.78 is 7.66. The Hall–Kier alpha value is -3.37. The first kappa shape index (κ1) is 17.7. The predicted octanol–water partition coefficient (Wildman–Crippen LogP) is 5.53. The molecular weight excluding hydrogens is 360 g/mol. The zero-order valence-corrected chi connectivity index (χ0v) is 16.5.